The normalized spacial score (nSPS) is 12.0. The Morgan fingerprint density at radius 3 is 2.32 bits per heavy atom. The molecule has 0 bridgehead atoms. The summed E-state index contributed by atoms with van der Waals surface area (Å²) in [6.07, 6.45) is -1.75. The summed E-state index contributed by atoms with van der Waals surface area (Å²) < 4.78 is 46.1. The number of hydrogen-bond acceptors (Lipinski definition) is 4. The van der Waals surface area contributed by atoms with Gasteiger partial charge in [0.15, 0.2) is 0 Å². The van der Waals surface area contributed by atoms with Gasteiger partial charge in [-0.2, -0.15) is 13.2 Å². The largest absolute Gasteiger partial charge is 0.497 e. The van der Waals surface area contributed by atoms with Gasteiger partial charge in [-0.05, 0) is 23.8 Å². The van der Waals surface area contributed by atoms with Crippen molar-refractivity contribution in [3.05, 3.63) is 41.6 Å². The van der Waals surface area contributed by atoms with Gasteiger partial charge >= 0.3 is 12.1 Å². The zero-order valence-electron chi connectivity index (χ0n) is 9.81. The maximum atomic E-state index is 12.2. The third-order valence-corrected chi connectivity index (χ3v) is 2.22. The molecule has 0 atom stereocenters. The minimum absolute atomic E-state index is 0.205. The molecule has 0 amide bonds. The highest BCUT2D eigenvalue weighted by Crippen LogP contribution is 2.28. The maximum absolute atomic E-state index is 12.2. The number of benzene rings is 1. The number of alkyl halides is 3. The van der Waals surface area contributed by atoms with E-state index in [1.165, 1.54) is 6.08 Å². The van der Waals surface area contributed by atoms with E-state index < -0.39 is 12.1 Å². The first-order valence-corrected chi connectivity index (χ1v) is 5.22. The van der Waals surface area contributed by atoms with E-state index in [1.807, 2.05) is 0 Å². The highest BCUT2D eigenvalue weighted by molar-refractivity contribution is 5.66. The molecule has 7 heteroatoms. The summed E-state index contributed by atoms with van der Waals surface area (Å²) in [7, 11) is 1.54. The Balaban J connectivity index is 2.11. The van der Waals surface area contributed by atoms with E-state index in [1.54, 1.807) is 37.5 Å². The van der Waals surface area contributed by atoms with Crippen LogP contribution in [-0.2, 0) is 6.18 Å². The van der Waals surface area contributed by atoms with Crippen LogP contribution in [0.1, 0.15) is 17.3 Å². The monoisotopic (exact) mass is 270 g/mol. The Bertz CT molecular complexity index is 573. The lowest BCUT2D eigenvalue weighted by molar-refractivity contribution is -0.157. The van der Waals surface area contributed by atoms with Crippen molar-refractivity contribution < 1.29 is 22.3 Å². The summed E-state index contributed by atoms with van der Waals surface area (Å²) >= 11 is 0. The average Bonchev–Trinajstić information content (AvgIpc) is 2.86. The van der Waals surface area contributed by atoms with Crippen LogP contribution in [0.5, 0.6) is 5.75 Å². The lowest BCUT2D eigenvalue weighted by Gasteiger charge is -1.98. The van der Waals surface area contributed by atoms with Crippen molar-refractivity contribution in [3.8, 4) is 5.75 Å². The molecule has 2 rings (SSSR count). The summed E-state index contributed by atoms with van der Waals surface area (Å²) in [6, 6.07) is 6.95. The fourth-order valence-corrected chi connectivity index (χ4v) is 1.30. The molecule has 0 saturated heterocycles. The first-order chi connectivity index (χ1) is 8.99. The van der Waals surface area contributed by atoms with Gasteiger partial charge in [-0.15, -0.1) is 10.2 Å². The predicted octanol–water partition coefficient (Wildman–Crippen LogP) is 3.27. The molecule has 1 aromatic heterocycles. The van der Waals surface area contributed by atoms with Gasteiger partial charge in [0, 0.05) is 6.08 Å². The molecule has 0 aliphatic heterocycles. The van der Waals surface area contributed by atoms with E-state index in [9.17, 15) is 13.2 Å². The average molecular weight is 270 g/mol. The summed E-state index contributed by atoms with van der Waals surface area (Å²) in [4.78, 5) is 0. The van der Waals surface area contributed by atoms with Crippen molar-refractivity contribution in [2.24, 2.45) is 0 Å². The highest BCUT2D eigenvalue weighted by atomic mass is 19.4. The quantitative estimate of drug-likeness (QED) is 0.858. The van der Waals surface area contributed by atoms with E-state index in [-0.39, 0.29) is 5.89 Å². The molecule has 0 fully saturated rings. The molecular formula is C12H9F3N2O2. The van der Waals surface area contributed by atoms with Crippen molar-refractivity contribution in [1.29, 1.82) is 0 Å². The van der Waals surface area contributed by atoms with Crippen molar-refractivity contribution in [1.82, 2.24) is 10.2 Å². The summed E-state index contributed by atoms with van der Waals surface area (Å²) in [6.45, 7) is 0. The molecule has 1 heterocycles. The Morgan fingerprint density at radius 2 is 1.79 bits per heavy atom. The highest BCUT2D eigenvalue weighted by Gasteiger charge is 2.37. The van der Waals surface area contributed by atoms with Gasteiger partial charge in [-0.3, -0.25) is 0 Å². The standard InChI is InChI=1S/C12H9F3N2O2/c1-18-9-5-2-8(3-6-9)4-7-10-16-17-11(19-10)12(13,14)15/h2-7H,1H3. The fraction of sp³-hybridized carbons (Fsp3) is 0.167. The van der Waals surface area contributed by atoms with Crippen LogP contribution in [0.3, 0.4) is 0 Å². The molecule has 0 N–H and O–H groups in total. The van der Waals surface area contributed by atoms with E-state index >= 15 is 0 Å². The summed E-state index contributed by atoms with van der Waals surface area (Å²) in [5.41, 5.74) is 0.771. The number of rotatable bonds is 3. The fourth-order valence-electron chi connectivity index (χ4n) is 1.30. The van der Waals surface area contributed by atoms with Crippen LogP contribution in [-0.4, -0.2) is 17.3 Å². The maximum Gasteiger partial charge on any atom is 0.470 e. The molecule has 0 unspecified atom stereocenters. The molecular weight excluding hydrogens is 261 g/mol. The van der Waals surface area contributed by atoms with Crippen molar-refractivity contribution in [2.45, 2.75) is 6.18 Å². The molecule has 0 aliphatic rings. The van der Waals surface area contributed by atoms with Gasteiger partial charge in [0.05, 0.1) is 7.11 Å². The molecule has 0 saturated carbocycles. The smallest absolute Gasteiger partial charge is 0.470 e. The SMILES string of the molecule is COc1ccc(C=Cc2nnc(C(F)(F)F)o2)cc1. The van der Waals surface area contributed by atoms with Crippen LogP contribution in [0.4, 0.5) is 13.2 Å². The van der Waals surface area contributed by atoms with Gasteiger partial charge in [0.1, 0.15) is 5.75 Å². The molecule has 2 aromatic rings. The number of halogens is 3. The molecule has 0 aliphatic carbocycles. The molecule has 0 spiro atoms. The van der Waals surface area contributed by atoms with Gasteiger partial charge in [0.2, 0.25) is 5.89 Å². The minimum atomic E-state index is -4.63. The molecule has 100 valence electrons. The van der Waals surface area contributed by atoms with E-state index in [0.29, 0.717) is 5.75 Å². The lowest BCUT2D eigenvalue weighted by atomic mass is 10.2. The Kier molecular flexibility index (Phi) is 3.55. The number of ether oxygens (including phenoxy) is 1. The molecule has 4 nitrogen and oxygen atoms in total. The summed E-state index contributed by atoms with van der Waals surface area (Å²) in [5, 5.41) is 6.20. The zero-order valence-corrected chi connectivity index (χ0v) is 9.81. The van der Waals surface area contributed by atoms with E-state index in [4.69, 9.17) is 4.74 Å². The van der Waals surface area contributed by atoms with Crippen molar-refractivity contribution >= 4 is 12.2 Å². The first-order valence-electron chi connectivity index (χ1n) is 5.22. The van der Waals surface area contributed by atoms with Crippen molar-refractivity contribution in [2.75, 3.05) is 7.11 Å². The Morgan fingerprint density at radius 1 is 1.11 bits per heavy atom. The van der Waals surface area contributed by atoms with Crippen LogP contribution >= 0.6 is 0 Å². The number of nitrogens with zero attached hydrogens (tertiary/aromatic N) is 2. The van der Waals surface area contributed by atoms with Gasteiger partial charge < -0.3 is 9.15 Å². The number of methoxy groups -OCH3 is 1. The predicted molar refractivity (Wildman–Crippen MR) is 61.2 cm³/mol. The second kappa shape index (κ2) is 5.13. The number of hydrogen-bond donors (Lipinski definition) is 0. The topological polar surface area (TPSA) is 48.2 Å². The van der Waals surface area contributed by atoms with Crippen LogP contribution in [0.25, 0.3) is 12.2 Å². The van der Waals surface area contributed by atoms with Crippen LogP contribution in [0, 0.1) is 0 Å². The third-order valence-electron chi connectivity index (χ3n) is 2.22. The van der Waals surface area contributed by atoms with Crippen molar-refractivity contribution in [3.63, 3.8) is 0 Å². The van der Waals surface area contributed by atoms with E-state index in [2.05, 4.69) is 14.6 Å². The number of aromatic nitrogens is 2. The first kappa shape index (κ1) is 13.1. The van der Waals surface area contributed by atoms with Gasteiger partial charge in [-0.1, -0.05) is 12.1 Å². The Hall–Kier alpha value is -2.31. The Labute approximate surface area is 106 Å². The van der Waals surface area contributed by atoms with Gasteiger partial charge in [0.25, 0.3) is 0 Å². The zero-order chi connectivity index (χ0) is 13.9. The molecule has 0 radical (unpaired) electrons. The van der Waals surface area contributed by atoms with Crippen LogP contribution in [0.2, 0.25) is 0 Å². The molecule has 1 aromatic carbocycles. The third kappa shape index (κ3) is 3.34. The second-order valence-electron chi connectivity index (χ2n) is 3.55. The lowest BCUT2D eigenvalue weighted by Crippen LogP contribution is -2.04. The van der Waals surface area contributed by atoms with Crippen LogP contribution in [0.15, 0.2) is 28.7 Å². The minimum Gasteiger partial charge on any atom is -0.497 e. The molecule has 19 heavy (non-hydrogen) atoms. The van der Waals surface area contributed by atoms with Gasteiger partial charge in [-0.25, -0.2) is 0 Å². The second-order valence-corrected chi connectivity index (χ2v) is 3.55. The van der Waals surface area contributed by atoms with E-state index in [0.717, 1.165) is 5.56 Å². The summed E-state index contributed by atoms with van der Waals surface area (Å²) in [5.74, 6) is -0.876. The van der Waals surface area contributed by atoms with Crippen LogP contribution < -0.4 is 4.74 Å².